The van der Waals surface area contributed by atoms with Crippen molar-refractivity contribution in [1.82, 2.24) is 0 Å². The molecule has 3 nitrogen and oxygen atoms in total. The number of rotatable bonds is 3. The van der Waals surface area contributed by atoms with E-state index in [0.29, 0.717) is 6.07 Å². The highest BCUT2D eigenvalue weighted by molar-refractivity contribution is 6.32. The van der Waals surface area contributed by atoms with Crippen LogP contribution < -0.4 is 4.74 Å². The van der Waals surface area contributed by atoms with Crippen molar-refractivity contribution in [2.75, 3.05) is 0 Å². The summed E-state index contributed by atoms with van der Waals surface area (Å²) in [4.78, 5) is 11.1. The molecular weight excluding hydrogens is 309 g/mol. The first kappa shape index (κ1) is 15.2. The van der Waals surface area contributed by atoms with Crippen molar-refractivity contribution in [1.29, 1.82) is 0 Å². The molecule has 0 aliphatic carbocycles. The number of carboxylic acids is 1. The Morgan fingerprint density at radius 3 is 2.33 bits per heavy atom. The van der Waals surface area contributed by atoms with Gasteiger partial charge in [0.05, 0.1) is 10.6 Å². The molecule has 0 radical (unpaired) electrons. The third-order valence-corrected chi connectivity index (χ3v) is 2.91. The first-order chi connectivity index (χ1) is 9.79. The van der Waals surface area contributed by atoms with Gasteiger partial charge in [0.25, 0.3) is 0 Å². The van der Waals surface area contributed by atoms with E-state index < -0.39 is 23.3 Å². The van der Waals surface area contributed by atoms with Gasteiger partial charge in [-0.3, -0.25) is 0 Å². The quantitative estimate of drug-likeness (QED) is 0.880. The lowest BCUT2D eigenvalue weighted by Crippen LogP contribution is -2.08. The van der Waals surface area contributed by atoms with Crippen molar-refractivity contribution in [3.8, 4) is 11.5 Å². The fraction of sp³-hybridized carbons (Fsp3) is 0.0714. The van der Waals surface area contributed by atoms with Gasteiger partial charge in [-0.15, -0.1) is 0 Å². The summed E-state index contributed by atoms with van der Waals surface area (Å²) < 4.78 is 43.1. The number of aromatic carboxylic acids is 1. The molecule has 0 atom stereocenters. The van der Waals surface area contributed by atoms with Crippen molar-refractivity contribution < 1.29 is 27.8 Å². The molecule has 0 saturated heterocycles. The number of carboxylic acid groups (broad SMARTS) is 1. The van der Waals surface area contributed by atoms with E-state index in [1.807, 2.05) is 0 Å². The summed E-state index contributed by atoms with van der Waals surface area (Å²) in [5, 5.41) is 9.24. The molecule has 0 unspecified atom stereocenters. The van der Waals surface area contributed by atoms with Gasteiger partial charge in [-0.1, -0.05) is 23.7 Å². The summed E-state index contributed by atoms with van der Waals surface area (Å²) in [5.41, 5.74) is -1.66. The van der Waals surface area contributed by atoms with Crippen LogP contribution in [0.5, 0.6) is 11.5 Å². The Kier molecular flexibility index (Phi) is 4.09. The number of hydrogen-bond acceptors (Lipinski definition) is 2. The molecule has 2 rings (SSSR count). The van der Waals surface area contributed by atoms with E-state index in [0.717, 1.165) is 12.1 Å². The maximum atomic E-state index is 12.6. The molecule has 0 amide bonds. The Morgan fingerprint density at radius 1 is 1.10 bits per heavy atom. The second kappa shape index (κ2) is 5.65. The molecule has 0 aromatic heterocycles. The lowest BCUT2D eigenvalue weighted by atomic mass is 10.1. The van der Waals surface area contributed by atoms with Gasteiger partial charge >= 0.3 is 12.1 Å². The summed E-state index contributed by atoms with van der Waals surface area (Å²) in [6.45, 7) is 0. The highest BCUT2D eigenvalue weighted by Gasteiger charge is 2.32. The van der Waals surface area contributed by atoms with E-state index in [1.54, 1.807) is 12.1 Å². The number of benzene rings is 2. The molecule has 0 aliphatic rings. The average Bonchev–Trinajstić information content (AvgIpc) is 2.40. The van der Waals surface area contributed by atoms with Gasteiger partial charge in [-0.05, 0) is 30.3 Å². The van der Waals surface area contributed by atoms with Crippen LogP contribution in [0.1, 0.15) is 15.9 Å². The maximum Gasteiger partial charge on any atom is 0.416 e. The van der Waals surface area contributed by atoms with Crippen LogP contribution in [0.4, 0.5) is 13.2 Å². The van der Waals surface area contributed by atoms with Crippen molar-refractivity contribution in [3.63, 3.8) is 0 Å². The van der Waals surface area contributed by atoms with Crippen molar-refractivity contribution in [2.45, 2.75) is 6.18 Å². The lowest BCUT2D eigenvalue weighted by molar-refractivity contribution is -0.137. The van der Waals surface area contributed by atoms with Crippen LogP contribution in [0.2, 0.25) is 5.02 Å². The molecule has 0 bridgehead atoms. The highest BCUT2D eigenvalue weighted by Crippen LogP contribution is 2.35. The summed E-state index contributed by atoms with van der Waals surface area (Å²) >= 11 is 5.86. The van der Waals surface area contributed by atoms with Gasteiger partial charge in [-0.25, -0.2) is 4.79 Å². The summed E-state index contributed by atoms with van der Waals surface area (Å²) in [6.07, 6.45) is -4.63. The normalized spacial score (nSPS) is 11.2. The van der Waals surface area contributed by atoms with Crippen molar-refractivity contribution in [2.24, 2.45) is 0 Å². The number of para-hydroxylation sites is 1. The molecule has 7 heteroatoms. The van der Waals surface area contributed by atoms with E-state index in [4.69, 9.17) is 21.4 Å². The molecule has 2 aromatic carbocycles. The molecular formula is C14H8ClF3O3. The number of hydrogen-bond donors (Lipinski definition) is 1. The van der Waals surface area contributed by atoms with Crippen LogP contribution >= 0.6 is 11.6 Å². The first-order valence-corrected chi connectivity index (χ1v) is 6.04. The first-order valence-electron chi connectivity index (χ1n) is 5.66. The topological polar surface area (TPSA) is 46.5 Å². The molecule has 110 valence electrons. The summed E-state index contributed by atoms with van der Waals surface area (Å²) in [7, 11) is 0. The van der Waals surface area contributed by atoms with Gasteiger partial charge in [-0.2, -0.15) is 13.2 Å². The third kappa shape index (κ3) is 3.46. The zero-order valence-corrected chi connectivity index (χ0v) is 11.1. The Labute approximate surface area is 122 Å². The molecule has 0 fully saturated rings. The summed E-state index contributed by atoms with van der Waals surface area (Å²) in [6, 6.07) is 8.46. The molecule has 21 heavy (non-hydrogen) atoms. The number of halogens is 4. The second-order valence-electron chi connectivity index (χ2n) is 4.05. The van der Waals surface area contributed by atoms with Crippen molar-refractivity contribution in [3.05, 3.63) is 58.6 Å². The van der Waals surface area contributed by atoms with Crippen LogP contribution in [0, 0.1) is 0 Å². The molecule has 0 heterocycles. The Hall–Kier alpha value is -2.21. The van der Waals surface area contributed by atoms with E-state index in [1.165, 1.54) is 12.1 Å². The average molecular weight is 317 g/mol. The minimum atomic E-state index is -4.63. The predicted molar refractivity (Wildman–Crippen MR) is 69.9 cm³/mol. The van der Waals surface area contributed by atoms with E-state index in [2.05, 4.69) is 0 Å². The molecule has 0 aliphatic heterocycles. The summed E-state index contributed by atoms with van der Waals surface area (Å²) in [5.74, 6) is -1.59. The van der Waals surface area contributed by atoms with Crippen LogP contribution in [-0.2, 0) is 6.18 Å². The van der Waals surface area contributed by atoms with E-state index in [9.17, 15) is 18.0 Å². The van der Waals surface area contributed by atoms with E-state index >= 15 is 0 Å². The maximum absolute atomic E-state index is 12.6. The highest BCUT2D eigenvalue weighted by atomic mass is 35.5. The molecule has 0 saturated carbocycles. The second-order valence-corrected chi connectivity index (χ2v) is 4.45. The standard InChI is InChI=1S/C14H8ClF3O3/c15-10-3-1-2-4-12(10)21-11-6-5-8(14(16,17)18)7-9(11)13(19)20/h1-7H,(H,19,20). The largest absolute Gasteiger partial charge is 0.478 e. The Morgan fingerprint density at radius 2 is 1.76 bits per heavy atom. The zero-order valence-electron chi connectivity index (χ0n) is 10.3. The van der Waals surface area contributed by atoms with Crippen LogP contribution in [0.25, 0.3) is 0 Å². The fourth-order valence-corrected chi connectivity index (χ4v) is 1.78. The Bertz CT molecular complexity index is 683. The Balaban J connectivity index is 2.45. The van der Waals surface area contributed by atoms with Crippen LogP contribution in [0.3, 0.4) is 0 Å². The fourth-order valence-electron chi connectivity index (χ4n) is 1.61. The number of carbonyl (C=O) groups is 1. The van der Waals surface area contributed by atoms with Crippen LogP contribution in [0.15, 0.2) is 42.5 Å². The number of alkyl halides is 3. The lowest BCUT2D eigenvalue weighted by Gasteiger charge is -2.12. The predicted octanol–water partition coefficient (Wildman–Crippen LogP) is 4.85. The molecule has 1 N–H and O–H groups in total. The van der Waals surface area contributed by atoms with Gasteiger partial charge in [0.2, 0.25) is 0 Å². The molecule has 2 aromatic rings. The van der Waals surface area contributed by atoms with Gasteiger partial charge in [0, 0.05) is 0 Å². The zero-order chi connectivity index (χ0) is 15.6. The van der Waals surface area contributed by atoms with Gasteiger partial charge in [0.1, 0.15) is 17.1 Å². The van der Waals surface area contributed by atoms with Gasteiger partial charge in [0.15, 0.2) is 0 Å². The van der Waals surface area contributed by atoms with Crippen LogP contribution in [-0.4, -0.2) is 11.1 Å². The van der Waals surface area contributed by atoms with Crippen molar-refractivity contribution >= 4 is 17.6 Å². The minimum absolute atomic E-state index is 0.154. The smallest absolute Gasteiger partial charge is 0.416 e. The third-order valence-electron chi connectivity index (χ3n) is 2.59. The van der Waals surface area contributed by atoms with Gasteiger partial charge < -0.3 is 9.84 Å². The van der Waals surface area contributed by atoms with E-state index in [-0.39, 0.29) is 16.5 Å². The minimum Gasteiger partial charge on any atom is -0.478 e. The SMILES string of the molecule is O=C(O)c1cc(C(F)(F)F)ccc1Oc1ccccc1Cl. The monoisotopic (exact) mass is 316 g/mol. The molecule has 0 spiro atoms. The number of ether oxygens (including phenoxy) is 1.